The molecule has 0 amide bonds. The molecule has 2 nitrogen and oxygen atoms in total. The van der Waals surface area contributed by atoms with Crippen LogP contribution in [0.15, 0.2) is 0 Å². The second-order valence-electron chi connectivity index (χ2n) is 2.69. The monoisotopic (exact) mass is 164 g/mol. The molecule has 0 radical (unpaired) electrons. The molecule has 0 spiro atoms. The van der Waals surface area contributed by atoms with Crippen LogP contribution < -0.4 is 0 Å². The van der Waals surface area contributed by atoms with Crippen LogP contribution in [0.4, 0.5) is 0 Å². The first-order valence-electron chi connectivity index (χ1n) is 3.68. The number of hydrogen-bond donors (Lipinski definition) is 0. The van der Waals surface area contributed by atoms with Gasteiger partial charge in [-0.15, -0.1) is 0 Å². The van der Waals surface area contributed by atoms with E-state index in [9.17, 15) is 4.21 Å². The molecule has 62 valence electrons. The molecule has 1 unspecified atom stereocenters. The van der Waals surface area contributed by atoms with E-state index in [-0.39, 0.29) is 0 Å². The second-order valence-corrected chi connectivity index (χ2v) is 3.94. The minimum atomic E-state index is -1.04. The maximum atomic E-state index is 10.8. The van der Waals surface area contributed by atoms with Crippen LogP contribution >= 0.6 is 0 Å². The zero-order valence-corrected chi connectivity index (χ0v) is 7.74. The molecule has 0 heterocycles. The van der Waals surface area contributed by atoms with Crippen LogP contribution in [-0.2, 0) is 15.3 Å². The smallest absolute Gasteiger partial charge is 0.155 e. The Morgan fingerprint density at radius 3 is 2.50 bits per heavy atom. The van der Waals surface area contributed by atoms with Crippen molar-refractivity contribution in [3.63, 3.8) is 0 Å². The van der Waals surface area contributed by atoms with Crippen molar-refractivity contribution in [3.8, 4) is 0 Å². The van der Waals surface area contributed by atoms with Gasteiger partial charge in [-0.2, -0.15) is 0 Å². The van der Waals surface area contributed by atoms with Crippen molar-refractivity contribution in [1.82, 2.24) is 0 Å². The summed E-state index contributed by atoms with van der Waals surface area (Å²) in [4.78, 5) is 0. The summed E-state index contributed by atoms with van der Waals surface area (Å²) in [5.74, 6) is 1.13. The van der Waals surface area contributed by atoms with Crippen molar-refractivity contribution < 1.29 is 8.39 Å². The molecule has 0 aromatic heterocycles. The predicted molar refractivity (Wildman–Crippen MR) is 44.1 cm³/mol. The first kappa shape index (κ1) is 10.1. The first-order valence-corrected chi connectivity index (χ1v) is 4.92. The Morgan fingerprint density at radius 1 is 1.50 bits per heavy atom. The first-order chi connectivity index (χ1) is 4.66. The fourth-order valence-corrected chi connectivity index (χ4v) is 1.31. The summed E-state index contributed by atoms with van der Waals surface area (Å²) in [5, 5.41) is 0. The molecule has 0 aromatic carbocycles. The van der Waals surface area contributed by atoms with Gasteiger partial charge in [-0.05, 0) is 12.3 Å². The number of rotatable bonds is 5. The van der Waals surface area contributed by atoms with E-state index >= 15 is 0 Å². The number of hydrogen-bond acceptors (Lipinski definition) is 2. The van der Waals surface area contributed by atoms with E-state index in [1.165, 1.54) is 0 Å². The van der Waals surface area contributed by atoms with Crippen LogP contribution in [0.2, 0.25) is 0 Å². The Labute approximate surface area is 65.6 Å². The summed E-state index contributed by atoms with van der Waals surface area (Å²) in [7, 11) is 0. The summed E-state index contributed by atoms with van der Waals surface area (Å²) < 4.78 is 15.9. The highest BCUT2D eigenvalue weighted by molar-refractivity contribution is 7.80. The van der Waals surface area contributed by atoms with Crippen LogP contribution in [0.3, 0.4) is 0 Å². The van der Waals surface area contributed by atoms with Gasteiger partial charge in [-0.1, -0.05) is 20.8 Å². The van der Waals surface area contributed by atoms with E-state index in [1.54, 1.807) is 0 Å². The lowest BCUT2D eigenvalue weighted by Crippen LogP contribution is -2.06. The van der Waals surface area contributed by atoms with E-state index in [1.807, 2.05) is 20.8 Å². The van der Waals surface area contributed by atoms with Gasteiger partial charge in [0.2, 0.25) is 0 Å². The topological polar surface area (TPSA) is 26.3 Å². The van der Waals surface area contributed by atoms with Crippen molar-refractivity contribution in [2.75, 3.05) is 12.4 Å². The van der Waals surface area contributed by atoms with Crippen molar-refractivity contribution in [2.45, 2.75) is 27.2 Å². The molecule has 0 saturated carbocycles. The van der Waals surface area contributed by atoms with Crippen molar-refractivity contribution in [1.29, 1.82) is 0 Å². The Morgan fingerprint density at radius 2 is 2.10 bits per heavy atom. The standard InChI is InChI=1S/C7H16O2S/c1-4-5-10(8)9-6-7(2)3/h7H,4-6H2,1-3H3. The lowest BCUT2D eigenvalue weighted by atomic mass is 10.2. The third-order valence-corrected chi connectivity index (χ3v) is 2.04. The summed E-state index contributed by atoms with van der Waals surface area (Å²) in [6.07, 6.45) is 0.921. The van der Waals surface area contributed by atoms with Crippen LogP contribution in [0.1, 0.15) is 27.2 Å². The van der Waals surface area contributed by atoms with Gasteiger partial charge in [0, 0.05) is 5.75 Å². The molecule has 0 N–H and O–H groups in total. The van der Waals surface area contributed by atoms with E-state index in [0.717, 1.165) is 6.42 Å². The quantitative estimate of drug-likeness (QED) is 0.618. The zero-order valence-electron chi connectivity index (χ0n) is 6.92. The Balaban J connectivity index is 3.22. The van der Waals surface area contributed by atoms with Crippen molar-refractivity contribution in [2.24, 2.45) is 5.92 Å². The van der Waals surface area contributed by atoms with Gasteiger partial charge in [0.15, 0.2) is 11.1 Å². The van der Waals surface area contributed by atoms with Gasteiger partial charge in [-0.25, -0.2) is 4.21 Å². The van der Waals surface area contributed by atoms with Crippen molar-refractivity contribution in [3.05, 3.63) is 0 Å². The minimum Gasteiger partial charge on any atom is -0.290 e. The van der Waals surface area contributed by atoms with Crippen LogP contribution in [0, 0.1) is 5.92 Å². The molecular formula is C7H16O2S. The molecule has 0 saturated heterocycles. The molecule has 1 atom stereocenters. The summed E-state index contributed by atoms with van der Waals surface area (Å²) in [6, 6.07) is 0. The lowest BCUT2D eigenvalue weighted by molar-refractivity contribution is 0.296. The lowest BCUT2D eigenvalue weighted by Gasteiger charge is -2.03. The zero-order chi connectivity index (χ0) is 7.98. The fourth-order valence-electron chi connectivity index (χ4n) is 0.438. The average Bonchev–Trinajstić information content (AvgIpc) is 1.85. The Kier molecular flexibility index (Phi) is 5.93. The normalized spacial score (nSPS) is 14.0. The summed E-state index contributed by atoms with van der Waals surface area (Å²) in [5.41, 5.74) is 0. The molecule has 0 aliphatic heterocycles. The molecule has 0 aliphatic rings. The highest BCUT2D eigenvalue weighted by Gasteiger charge is 1.99. The third kappa shape index (κ3) is 6.23. The molecule has 3 heteroatoms. The molecule has 10 heavy (non-hydrogen) atoms. The van der Waals surface area contributed by atoms with Gasteiger partial charge in [0.25, 0.3) is 0 Å². The average molecular weight is 164 g/mol. The maximum absolute atomic E-state index is 10.8. The van der Waals surface area contributed by atoms with E-state index < -0.39 is 11.1 Å². The molecule has 0 bridgehead atoms. The Hall–Kier alpha value is 0.110. The molecule has 0 aromatic rings. The van der Waals surface area contributed by atoms with E-state index in [2.05, 4.69) is 0 Å². The SMILES string of the molecule is CCCS(=O)OCC(C)C. The second kappa shape index (κ2) is 5.86. The van der Waals surface area contributed by atoms with Gasteiger partial charge < -0.3 is 0 Å². The molecular weight excluding hydrogens is 148 g/mol. The van der Waals surface area contributed by atoms with Crippen molar-refractivity contribution >= 4 is 11.1 Å². The van der Waals surface area contributed by atoms with Gasteiger partial charge in [0.05, 0.1) is 6.61 Å². The highest BCUT2D eigenvalue weighted by Crippen LogP contribution is 1.96. The maximum Gasteiger partial charge on any atom is 0.155 e. The molecule has 0 rings (SSSR count). The predicted octanol–water partition coefficient (Wildman–Crippen LogP) is 1.73. The third-order valence-electron chi connectivity index (χ3n) is 0.904. The highest BCUT2D eigenvalue weighted by atomic mass is 32.2. The van der Waals surface area contributed by atoms with Gasteiger partial charge in [0.1, 0.15) is 0 Å². The minimum absolute atomic E-state index is 0.473. The molecule has 0 aliphatic carbocycles. The van der Waals surface area contributed by atoms with Crippen LogP contribution in [-0.4, -0.2) is 16.6 Å². The summed E-state index contributed by atoms with van der Waals surface area (Å²) in [6.45, 7) is 6.69. The van der Waals surface area contributed by atoms with E-state index in [4.69, 9.17) is 4.18 Å². The fraction of sp³-hybridized carbons (Fsp3) is 1.00. The van der Waals surface area contributed by atoms with Crippen LogP contribution in [0.5, 0.6) is 0 Å². The van der Waals surface area contributed by atoms with E-state index in [0.29, 0.717) is 18.3 Å². The molecule has 0 fully saturated rings. The Bertz CT molecular complexity index is 102. The summed E-state index contributed by atoms with van der Waals surface area (Å²) >= 11 is -1.04. The largest absolute Gasteiger partial charge is 0.290 e. The van der Waals surface area contributed by atoms with Crippen LogP contribution in [0.25, 0.3) is 0 Å². The van der Waals surface area contributed by atoms with Gasteiger partial charge >= 0.3 is 0 Å². The van der Waals surface area contributed by atoms with Gasteiger partial charge in [-0.3, -0.25) is 4.18 Å².